The zero-order chi connectivity index (χ0) is 17.9. The van der Waals surface area contributed by atoms with Crippen molar-refractivity contribution in [1.29, 1.82) is 0 Å². The lowest BCUT2D eigenvalue weighted by atomic mass is 10.1. The number of amides is 2. The van der Waals surface area contributed by atoms with E-state index in [0.717, 1.165) is 6.54 Å². The van der Waals surface area contributed by atoms with Gasteiger partial charge in [-0.15, -0.1) is 0 Å². The normalized spacial score (nSPS) is 28.1. The molecule has 0 aromatic carbocycles. The molecule has 2 amide bonds. The third kappa shape index (κ3) is 3.92. The Hall–Kier alpha value is -1.54. The average molecular weight is 355 g/mol. The molecule has 0 N–H and O–H groups in total. The maximum Gasteiger partial charge on any atom is 0.411 e. The number of ether oxygens (including phenoxy) is 1. The maximum atomic E-state index is 12.5. The highest BCUT2D eigenvalue weighted by Crippen LogP contribution is 2.39. The van der Waals surface area contributed by atoms with Gasteiger partial charge in [0.25, 0.3) is 0 Å². The third-order valence-corrected chi connectivity index (χ3v) is 5.43. The van der Waals surface area contributed by atoms with E-state index >= 15 is 0 Å². The molecule has 0 radical (unpaired) electrons. The second kappa shape index (κ2) is 7.57. The van der Waals surface area contributed by atoms with Crippen molar-refractivity contribution >= 4 is 28.9 Å². The predicted molar refractivity (Wildman–Crippen MR) is 92.5 cm³/mol. The molecule has 0 aromatic rings. The SMILES string of the molecule is C=CCOC(=O)N1C[C@@H](SC(C)=O)C[C@@]1(C)N1CCN(C)CC1=O. The van der Waals surface area contributed by atoms with Crippen LogP contribution in [0, 0.1) is 0 Å². The summed E-state index contributed by atoms with van der Waals surface area (Å²) >= 11 is 1.22. The highest BCUT2D eigenvalue weighted by molar-refractivity contribution is 8.14. The van der Waals surface area contributed by atoms with E-state index in [1.807, 2.05) is 18.9 Å². The lowest BCUT2D eigenvalue weighted by Crippen LogP contribution is -2.64. The van der Waals surface area contributed by atoms with Crippen molar-refractivity contribution in [3.05, 3.63) is 12.7 Å². The maximum absolute atomic E-state index is 12.5. The van der Waals surface area contributed by atoms with Crippen LogP contribution in [-0.2, 0) is 14.3 Å². The molecular weight excluding hydrogens is 330 g/mol. The van der Waals surface area contributed by atoms with Crippen molar-refractivity contribution in [2.75, 3.05) is 39.8 Å². The van der Waals surface area contributed by atoms with E-state index < -0.39 is 11.8 Å². The standard InChI is InChI=1S/C16H25N3O4S/c1-5-8-23-15(22)19-10-13(24-12(2)20)9-16(19,3)18-7-6-17(4)11-14(18)21/h5,13H,1,6-11H2,2-4H3/t13-,16-/m0/s1. The molecule has 0 spiro atoms. The molecule has 134 valence electrons. The van der Waals surface area contributed by atoms with E-state index in [1.165, 1.54) is 24.8 Å². The summed E-state index contributed by atoms with van der Waals surface area (Å²) in [6.07, 6.45) is 1.58. The monoisotopic (exact) mass is 355 g/mol. The van der Waals surface area contributed by atoms with E-state index in [0.29, 0.717) is 26.1 Å². The summed E-state index contributed by atoms with van der Waals surface area (Å²) in [5.74, 6) is -0.0127. The van der Waals surface area contributed by atoms with Gasteiger partial charge in [0, 0.05) is 38.2 Å². The molecule has 0 aliphatic carbocycles. The van der Waals surface area contributed by atoms with Gasteiger partial charge in [0.15, 0.2) is 5.12 Å². The molecule has 24 heavy (non-hydrogen) atoms. The van der Waals surface area contributed by atoms with Crippen LogP contribution in [0.3, 0.4) is 0 Å². The second-order valence-electron chi connectivity index (χ2n) is 6.41. The number of hydrogen-bond donors (Lipinski definition) is 0. The topological polar surface area (TPSA) is 70.2 Å². The minimum atomic E-state index is -0.774. The first kappa shape index (κ1) is 18.8. The Morgan fingerprint density at radius 2 is 2.17 bits per heavy atom. The van der Waals surface area contributed by atoms with Gasteiger partial charge in [0.1, 0.15) is 12.3 Å². The molecule has 2 saturated heterocycles. The van der Waals surface area contributed by atoms with Gasteiger partial charge >= 0.3 is 6.09 Å². The van der Waals surface area contributed by atoms with Crippen LogP contribution in [-0.4, -0.2) is 82.6 Å². The van der Waals surface area contributed by atoms with Gasteiger partial charge in [-0.2, -0.15) is 0 Å². The largest absolute Gasteiger partial charge is 0.445 e. The molecule has 0 aromatic heterocycles. The molecule has 0 bridgehead atoms. The number of likely N-dealkylation sites (N-methyl/N-ethyl adjacent to an activating group) is 1. The molecule has 2 fully saturated rings. The second-order valence-corrected chi connectivity index (χ2v) is 7.89. The fourth-order valence-electron chi connectivity index (χ4n) is 3.36. The minimum absolute atomic E-state index is 0.00774. The first-order chi connectivity index (χ1) is 11.3. The zero-order valence-corrected chi connectivity index (χ0v) is 15.3. The van der Waals surface area contributed by atoms with Gasteiger partial charge < -0.3 is 9.64 Å². The fraction of sp³-hybridized carbons (Fsp3) is 0.688. The lowest BCUT2D eigenvalue weighted by molar-refractivity contribution is -0.148. The van der Waals surface area contributed by atoms with Crippen LogP contribution in [0.15, 0.2) is 12.7 Å². The van der Waals surface area contributed by atoms with Gasteiger partial charge in [-0.1, -0.05) is 24.4 Å². The number of nitrogens with zero attached hydrogens (tertiary/aromatic N) is 3. The Labute approximate surface area is 147 Å². The molecule has 2 aliphatic heterocycles. The molecule has 2 rings (SSSR count). The number of hydrogen-bond acceptors (Lipinski definition) is 6. The highest BCUT2D eigenvalue weighted by Gasteiger charge is 2.51. The van der Waals surface area contributed by atoms with Gasteiger partial charge in [-0.25, -0.2) is 4.79 Å². The molecule has 0 unspecified atom stereocenters. The fourth-order valence-corrected chi connectivity index (χ4v) is 4.45. The minimum Gasteiger partial charge on any atom is -0.445 e. The number of piperazine rings is 1. The van der Waals surface area contributed by atoms with Crippen molar-refractivity contribution in [2.45, 2.75) is 31.2 Å². The number of carbonyl (C=O) groups excluding carboxylic acids is 3. The number of likely N-dealkylation sites (tertiary alicyclic amines) is 1. The lowest BCUT2D eigenvalue weighted by Gasteiger charge is -2.46. The molecule has 7 nitrogen and oxygen atoms in total. The van der Waals surface area contributed by atoms with E-state index in [1.54, 1.807) is 9.80 Å². The van der Waals surface area contributed by atoms with Crippen LogP contribution < -0.4 is 0 Å². The Morgan fingerprint density at radius 3 is 2.75 bits per heavy atom. The van der Waals surface area contributed by atoms with E-state index in [-0.39, 0.29) is 22.9 Å². The third-order valence-electron chi connectivity index (χ3n) is 4.45. The molecular formula is C16H25N3O4S. The summed E-state index contributed by atoms with van der Waals surface area (Å²) in [7, 11) is 1.90. The highest BCUT2D eigenvalue weighted by atomic mass is 32.2. The summed E-state index contributed by atoms with van der Waals surface area (Å²) in [4.78, 5) is 41.8. The van der Waals surface area contributed by atoms with Crippen LogP contribution in [0.1, 0.15) is 20.3 Å². The van der Waals surface area contributed by atoms with Crippen molar-refractivity contribution in [3.63, 3.8) is 0 Å². The zero-order valence-electron chi connectivity index (χ0n) is 14.5. The van der Waals surface area contributed by atoms with Crippen molar-refractivity contribution in [3.8, 4) is 0 Å². The van der Waals surface area contributed by atoms with Gasteiger partial charge in [0.2, 0.25) is 5.91 Å². The Kier molecular flexibility index (Phi) is 5.92. The Bertz CT molecular complexity index is 541. The van der Waals surface area contributed by atoms with E-state index in [4.69, 9.17) is 4.74 Å². The smallest absolute Gasteiger partial charge is 0.411 e. The first-order valence-electron chi connectivity index (χ1n) is 7.99. The van der Waals surface area contributed by atoms with Crippen LogP contribution in [0.4, 0.5) is 4.79 Å². The number of carbonyl (C=O) groups is 3. The van der Waals surface area contributed by atoms with Crippen molar-refractivity contribution in [1.82, 2.24) is 14.7 Å². The average Bonchev–Trinajstić information content (AvgIpc) is 2.81. The predicted octanol–water partition coefficient (Wildman–Crippen LogP) is 1.15. The number of thioether (sulfide) groups is 1. The van der Waals surface area contributed by atoms with Gasteiger partial charge in [-0.3, -0.25) is 19.4 Å². The molecule has 0 saturated carbocycles. The van der Waals surface area contributed by atoms with E-state index in [9.17, 15) is 14.4 Å². The first-order valence-corrected chi connectivity index (χ1v) is 8.87. The summed E-state index contributed by atoms with van der Waals surface area (Å²) in [6.45, 7) is 9.08. The van der Waals surface area contributed by atoms with Crippen LogP contribution in [0.25, 0.3) is 0 Å². The quantitative estimate of drug-likeness (QED) is 0.705. The summed E-state index contributed by atoms with van der Waals surface area (Å²) in [6, 6.07) is 0. The Balaban J connectivity index is 2.23. The van der Waals surface area contributed by atoms with Crippen LogP contribution >= 0.6 is 11.8 Å². The molecule has 2 atom stereocenters. The van der Waals surface area contributed by atoms with Gasteiger partial charge in [-0.05, 0) is 14.0 Å². The molecule has 8 heteroatoms. The molecule has 2 heterocycles. The van der Waals surface area contributed by atoms with Gasteiger partial charge in [0.05, 0.1) is 6.54 Å². The van der Waals surface area contributed by atoms with Crippen molar-refractivity contribution in [2.24, 2.45) is 0 Å². The van der Waals surface area contributed by atoms with Crippen LogP contribution in [0.5, 0.6) is 0 Å². The molecule has 2 aliphatic rings. The summed E-state index contributed by atoms with van der Waals surface area (Å²) in [5.41, 5.74) is -0.774. The van der Waals surface area contributed by atoms with E-state index in [2.05, 4.69) is 6.58 Å². The number of rotatable bonds is 4. The van der Waals surface area contributed by atoms with Crippen LogP contribution in [0.2, 0.25) is 0 Å². The Morgan fingerprint density at radius 1 is 1.46 bits per heavy atom. The summed E-state index contributed by atoms with van der Waals surface area (Å²) in [5, 5.41) is -0.0374. The van der Waals surface area contributed by atoms with Crippen molar-refractivity contribution < 1.29 is 19.1 Å². The summed E-state index contributed by atoms with van der Waals surface area (Å²) < 4.78 is 5.20.